The van der Waals surface area contributed by atoms with Crippen LogP contribution in [0.3, 0.4) is 0 Å². The van der Waals surface area contributed by atoms with Gasteiger partial charge in [0.25, 0.3) is 0 Å². The van der Waals surface area contributed by atoms with Crippen molar-refractivity contribution in [2.24, 2.45) is 0 Å². The van der Waals surface area contributed by atoms with E-state index in [9.17, 15) is 0 Å². The highest BCUT2D eigenvalue weighted by Crippen LogP contribution is 2.49. The van der Waals surface area contributed by atoms with Crippen molar-refractivity contribution < 1.29 is 4.42 Å². The van der Waals surface area contributed by atoms with E-state index >= 15 is 0 Å². The van der Waals surface area contributed by atoms with Crippen LogP contribution in [0.4, 0.5) is 0 Å². The quantitative estimate of drug-likeness (QED) is 0.204. The van der Waals surface area contributed by atoms with E-state index in [2.05, 4.69) is 127 Å². The normalized spacial score (nSPS) is 12.0. The van der Waals surface area contributed by atoms with E-state index in [1.165, 1.54) is 74.7 Å². The molecule has 0 amide bonds. The van der Waals surface area contributed by atoms with Crippen molar-refractivity contribution >= 4 is 75.7 Å². The number of thiophene rings is 1. The van der Waals surface area contributed by atoms with Crippen molar-refractivity contribution in [3.63, 3.8) is 0 Å². The molecule has 40 heavy (non-hydrogen) atoms. The Hall–Kier alpha value is -4.92. The molecule has 0 unspecified atom stereocenters. The Morgan fingerprint density at radius 1 is 0.425 bits per heavy atom. The van der Waals surface area contributed by atoms with Gasteiger partial charge in [-0.15, -0.1) is 11.3 Å². The molecule has 186 valence electrons. The number of para-hydroxylation sites is 1. The molecule has 0 aliphatic rings. The number of furan rings is 1. The summed E-state index contributed by atoms with van der Waals surface area (Å²) in [5, 5.41) is 11.3. The fraction of sp³-hybridized carbons (Fsp3) is 0. The lowest BCUT2D eigenvalue weighted by atomic mass is 9.86. The highest BCUT2D eigenvalue weighted by Gasteiger charge is 2.20. The fourth-order valence-electron chi connectivity index (χ4n) is 6.56. The van der Waals surface area contributed by atoms with Crippen molar-refractivity contribution in [3.8, 4) is 21.6 Å². The molecular formula is C38H22OS. The number of hydrogen-bond acceptors (Lipinski definition) is 2. The third-order valence-corrected chi connectivity index (χ3v) is 9.45. The van der Waals surface area contributed by atoms with Crippen molar-refractivity contribution in [1.29, 1.82) is 0 Å². The number of fused-ring (bicyclic) bond motifs is 8. The molecule has 0 atom stereocenters. The van der Waals surface area contributed by atoms with Gasteiger partial charge in [0.2, 0.25) is 0 Å². The molecular weight excluding hydrogens is 504 g/mol. The van der Waals surface area contributed by atoms with Crippen molar-refractivity contribution in [2.75, 3.05) is 0 Å². The van der Waals surface area contributed by atoms with Gasteiger partial charge in [-0.05, 0) is 73.1 Å². The molecule has 7 aromatic carbocycles. The third-order valence-electron chi connectivity index (χ3n) is 8.26. The monoisotopic (exact) mass is 526 g/mol. The van der Waals surface area contributed by atoms with E-state index in [1.54, 1.807) is 0 Å². The lowest BCUT2D eigenvalue weighted by Crippen LogP contribution is -1.90. The summed E-state index contributed by atoms with van der Waals surface area (Å²) in [7, 11) is 0. The predicted octanol–water partition coefficient (Wildman–Crippen LogP) is 11.6. The van der Waals surface area contributed by atoms with E-state index < -0.39 is 0 Å². The summed E-state index contributed by atoms with van der Waals surface area (Å²) < 4.78 is 7.50. The first-order chi connectivity index (χ1) is 19.8. The van der Waals surface area contributed by atoms with Crippen LogP contribution in [-0.4, -0.2) is 0 Å². The Kier molecular flexibility index (Phi) is 4.55. The van der Waals surface area contributed by atoms with E-state index in [4.69, 9.17) is 4.42 Å². The Bertz CT molecular complexity index is 2380. The molecule has 0 saturated carbocycles. The maximum Gasteiger partial charge on any atom is 0.136 e. The van der Waals surface area contributed by atoms with Crippen molar-refractivity contribution in [3.05, 3.63) is 133 Å². The summed E-state index contributed by atoms with van der Waals surface area (Å²) in [6.45, 7) is 0. The molecule has 2 heterocycles. The molecule has 0 N–H and O–H groups in total. The van der Waals surface area contributed by atoms with Crippen LogP contribution in [0.1, 0.15) is 0 Å². The number of benzene rings is 7. The summed E-state index contributed by atoms with van der Waals surface area (Å²) >= 11 is 1.87. The Labute approximate surface area is 234 Å². The highest BCUT2D eigenvalue weighted by molar-refractivity contribution is 7.23. The molecule has 0 saturated heterocycles. The SMILES string of the molecule is c1ccc2c(-c3c4ccccc4c(-c4cc5ccc6oc7ccccc7c6c5s4)c4ccccc34)cccc2c1. The standard InChI is InChI=1S/C38H22OS/c1-2-12-25-23(10-1)11-9-18-26(25)35-27-13-3-5-15-29(27)36(30-16-6-4-14-28(30)35)34-22-24-20-21-33-37(38(24)40-34)31-17-7-8-19-32(31)39-33/h1-22H. The molecule has 0 fully saturated rings. The molecule has 2 heteroatoms. The van der Waals surface area contributed by atoms with Crippen LogP contribution < -0.4 is 0 Å². The summed E-state index contributed by atoms with van der Waals surface area (Å²) in [5.74, 6) is 0. The molecule has 1 nitrogen and oxygen atoms in total. The molecule has 2 aromatic heterocycles. The van der Waals surface area contributed by atoms with Gasteiger partial charge >= 0.3 is 0 Å². The van der Waals surface area contributed by atoms with Gasteiger partial charge in [0, 0.05) is 25.9 Å². The van der Waals surface area contributed by atoms with Crippen LogP contribution in [0.5, 0.6) is 0 Å². The molecule has 0 bridgehead atoms. The first-order valence-corrected chi connectivity index (χ1v) is 14.4. The molecule has 9 rings (SSSR count). The van der Waals surface area contributed by atoms with Gasteiger partial charge in [-0.25, -0.2) is 0 Å². The summed E-state index contributed by atoms with van der Waals surface area (Å²) in [5.41, 5.74) is 5.77. The van der Waals surface area contributed by atoms with Gasteiger partial charge < -0.3 is 4.42 Å². The molecule has 0 radical (unpaired) electrons. The Balaban J connectivity index is 1.42. The molecule has 9 aromatic rings. The zero-order valence-electron chi connectivity index (χ0n) is 21.5. The van der Waals surface area contributed by atoms with E-state index in [0.29, 0.717) is 0 Å². The van der Waals surface area contributed by atoms with Crippen LogP contribution in [0, 0.1) is 0 Å². The van der Waals surface area contributed by atoms with Gasteiger partial charge in [0.1, 0.15) is 11.2 Å². The number of rotatable bonds is 2. The second kappa shape index (κ2) is 8.29. The van der Waals surface area contributed by atoms with Gasteiger partial charge in [0.15, 0.2) is 0 Å². The predicted molar refractivity (Wildman–Crippen MR) is 172 cm³/mol. The summed E-state index contributed by atoms with van der Waals surface area (Å²) in [4.78, 5) is 1.28. The second-order valence-electron chi connectivity index (χ2n) is 10.4. The average Bonchev–Trinajstić information content (AvgIpc) is 3.61. The van der Waals surface area contributed by atoms with Crippen molar-refractivity contribution in [2.45, 2.75) is 0 Å². The van der Waals surface area contributed by atoms with Gasteiger partial charge in [-0.2, -0.15) is 0 Å². The molecule has 0 aliphatic heterocycles. The molecule has 0 aliphatic carbocycles. The fourth-order valence-corrected chi connectivity index (χ4v) is 7.84. The number of hydrogen-bond donors (Lipinski definition) is 0. The zero-order chi connectivity index (χ0) is 26.2. The Morgan fingerprint density at radius 2 is 1.02 bits per heavy atom. The maximum atomic E-state index is 6.22. The van der Waals surface area contributed by atoms with Crippen molar-refractivity contribution in [1.82, 2.24) is 0 Å². The largest absolute Gasteiger partial charge is 0.456 e. The second-order valence-corrected chi connectivity index (χ2v) is 11.5. The van der Waals surface area contributed by atoms with Crippen LogP contribution >= 0.6 is 11.3 Å². The minimum Gasteiger partial charge on any atom is -0.456 e. The third kappa shape index (κ3) is 3.03. The maximum absolute atomic E-state index is 6.22. The topological polar surface area (TPSA) is 13.1 Å². The van der Waals surface area contributed by atoms with Gasteiger partial charge in [-0.1, -0.05) is 109 Å². The van der Waals surface area contributed by atoms with Crippen LogP contribution in [0.15, 0.2) is 138 Å². The van der Waals surface area contributed by atoms with E-state index in [-0.39, 0.29) is 0 Å². The highest BCUT2D eigenvalue weighted by atomic mass is 32.1. The lowest BCUT2D eigenvalue weighted by Gasteiger charge is -2.18. The van der Waals surface area contributed by atoms with Gasteiger partial charge in [-0.3, -0.25) is 0 Å². The minimum atomic E-state index is 0.940. The van der Waals surface area contributed by atoms with Gasteiger partial charge in [0.05, 0.1) is 0 Å². The van der Waals surface area contributed by atoms with Crippen LogP contribution in [-0.2, 0) is 0 Å². The average molecular weight is 527 g/mol. The van der Waals surface area contributed by atoms with E-state index in [1.807, 2.05) is 17.4 Å². The molecule has 0 spiro atoms. The lowest BCUT2D eigenvalue weighted by molar-refractivity contribution is 0.669. The van der Waals surface area contributed by atoms with Crippen LogP contribution in [0.2, 0.25) is 0 Å². The summed E-state index contributed by atoms with van der Waals surface area (Å²) in [6, 6.07) is 48.3. The van der Waals surface area contributed by atoms with Crippen LogP contribution in [0.25, 0.3) is 85.9 Å². The van der Waals surface area contributed by atoms with E-state index in [0.717, 1.165) is 11.2 Å². The minimum absolute atomic E-state index is 0.940. The first-order valence-electron chi connectivity index (χ1n) is 13.6. The smallest absolute Gasteiger partial charge is 0.136 e. The first kappa shape index (κ1) is 22.0. The zero-order valence-corrected chi connectivity index (χ0v) is 22.3. The Morgan fingerprint density at radius 3 is 1.77 bits per heavy atom. The summed E-state index contributed by atoms with van der Waals surface area (Å²) in [6.07, 6.45) is 0.